The maximum atomic E-state index is 12.2. The molecule has 0 saturated carbocycles. The summed E-state index contributed by atoms with van der Waals surface area (Å²) >= 11 is 3.41. The van der Waals surface area contributed by atoms with Crippen molar-refractivity contribution in [2.75, 3.05) is 17.6 Å². The van der Waals surface area contributed by atoms with Gasteiger partial charge in [-0.05, 0) is 25.2 Å². The Hall–Kier alpha value is 0.390. The zero-order chi connectivity index (χ0) is 12.2. The summed E-state index contributed by atoms with van der Waals surface area (Å²) in [6, 6.07) is 0.219. The molecule has 1 fully saturated rings. The Balaban J connectivity index is 2.73. The third kappa shape index (κ3) is 4.00. The second-order valence-electron chi connectivity index (χ2n) is 4.91. The van der Waals surface area contributed by atoms with Crippen LogP contribution < -0.4 is 0 Å². The van der Waals surface area contributed by atoms with Gasteiger partial charge in [0.15, 0.2) is 0 Å². The number of nitrogens with zero attached hydrogens (tertiary/aromatic N) is 1. The second kappa shape index (κ2) is 6.36. The highest BCUT2D eigenvalue weighted by atomic mass is 79.9. The standard InChI is InChI=1S/C11H22BrNO2S/c1-10(2)9-16(14,15)13-8-4-3-5-11(13)6-7-12/h10-11H,3-9H2,1-2H3. The van der Waals surface area contributed by atoms with Crippen LogP contribution in [0, 0.1) is 5.92 Å². The van der Waals surface area contributed by atoms with E-state index >= 15 is 0 Å². The number of halogens is 1. The van der Waals surface area contributed by atoms with Crippen molar-refractivity contribution in [2.45, 2.75) is 45.6 Å². The van der Waals surface area contributed by atoms with E-state index in [-0.39, 0.29) is 17.7 Å². The monoisotopic (exact) mass is 311 g/mol. The predicted molar refractivity (Wildman–Crippen MR) is 71.4 cm³/mol. The van der Waals surface area contributed by atoms with Gasteiger partial charge in [0.1, 0.15) is 0 Å². The van der Waals surface area contributed by atoms with Crippen molar-refractivity contribution in [3.05, 3.63) is 0 Å². The molecule has 96 valence electrons. The third-order valence-electron chi connectivity index (χ3n) is 2.92. The molecule has 1 aliphatic heterocycles. The molecule has 0 spiro atoms. The van der Waals surface area contributed by atoms with Crippen LogP contribution >= 0.6 is 15.9 Å². The van der Waals surface area contributed by atoms with Gasteiger partial charge in [-0.25, -0.2) is 8.42 Å². The highest BCUT2D eigenvalue weighted by Crippen LogP contribution is 2.24. The minimum Gasteiger partial charge on any atom is -0.212 e. The first-order valence-corrected chi connectivity index (χ1v) is 8.76. The first-order chi connectivity index (χ1) is 7.47. The van der Waals surface area contributed by atoms with E-state index < -0.39 is 10.0 Å². The summed E-state index contributed by atoms with van der Waals surface area (Å²) in [5.41, 5.74) is 0. The summed E-state index contributed by atoms with van der Waals surface area (Å²) in [6.45, 7) is 4.63. The molecule has 0 N–H and O–H groups in total. The Morgan fingerprint density at radius 1 is 1.38 bits per heavy atom. The first kappa shape index (κ1) is 14.5. The van der Waals surface area contributed by atoms with E-state index in [4.69, 9.17) is 0 Å². The number of rotatable bonds is 5. The SMILES string of the molecule is CC(C)CS(=O)(=O)N1CCCCC1CCBr. The minimum absolute atomic E-state index is 0.205. The molecule has 0 aliphatic carbocycles. The van der Waals surface area contributed by atoms with Crippen molar-refractivity contribution in [2.24, 2.45) is 5.92 Å². The number of piperidine rings is 1. The first-order valence-electron chi connectivity index (χ1n) is 6.03. The van der Waals surface area contributed by atoms with Crippen molar-refractivity contribution in [3.8, 4) is 0 Å². The van der Waals surface area contributed by atoms with Crippen LogP contribution in [0.15, 0.2) is 0 Å². The molecule has 0 aromatic rings. The van der Waals surface area contributed by atoms with Gasteiger partial charge in [0.05, 0.1) is 5.75 Å². The molecule has 3 nitrogen and oxygen atoms in total. The normalized spacial score (nSPS) is 23.9. The quantitative estimate of drug-likeness (QED) is 0.732. The molecule has 1 atom stereocenters. The van der Waals surface area contributed by atoms with Gasteiger partial charge in [-0.2, -0.15) is 4.31 Å². The van der Waals surface area contributed by atoms with Gasteiger partial charge >= 0.3 is 0 Å². The van der Waals surface area contributed by atoms with Crippen LogP contribution in [0.3, 0.4) is 0 Å². The molecule has 1 heterocycles. The fourth-order valence-corrected chi connectivity index (χ4v) is 4.91. The zero-order valence-electron chi connectivity index (χ0n) is 10.2. The average Bonchev–Trinajstić information content (AvgIpc) is 2.17. The molecule has 0 bridgehead atoms. The lowest BCUT2D eigenvalue weighted by molar-refractivity contribution is 0.247. The lowest BCUT2D eigenvalue weighted by Crippen LogP contribution is -2.45. The lowest BCUT2D eigenvalue weighted by Gasteiger charge is -2.34. The van der Waals surface area contributed by atoms with E-state index in [9.17, 15) is 8.42 Å². The van der Waals surface area contributed by atoms with Crippen molar-refractivity contribution >= 4 is 26.0 Å². The predicted octanol–water partition coefficient (Wildman–Crippen LogP) is 2.61. The average molecular weight is 312 g/mol. The van der Waals surface area contributed by atoms with Crippen LogP contribution in [0.1, 0.15) is 39.5 Å². The molecule has 0 aromatic carbocycles. The molecule has 1 rings (SSSR count). The second-order valence-corrected chi connectivity index (χ2v) is 7.67. The topological polar surface area (TPSA) is 37.4 Å². The Kier molecular flexibility index (Phi) is 5.74. The van der Waals surface area contributed by atoms with E-state index in [1.54, 1.807) is 4.31 Å². The summed E-state index contributed by atoms with van der Waals surface area (Å²) < 4.78 is 26.1. The Morgan fingerprint density at radius 2 is 2.06 bits per heavy atom. The Labute approximate surface area is 108 Å². The Bertz CT molecular complexity index is 301. The maximum Gasteiger partial charge on any atom is 0.214 e. The largest absolute Gasteiger partial charge is 0.214 e. The molecular weight excluding hydrogens is 290 g/mol. The van der Waals surface area contributed by atoms with Crippen LogP contribution in [0.4, 0.5) is 0 Å². The molecule has 1 aliphatic rings. The highest BCUT2D eigenvalue weighted by Gasteiger charge is 2.31. The smallest absolute Gasteiger partial charge is 0.212 e. The molecule has 0 radical (unpaired) electrons. The molecule has 0 aromatic heterocycles. The van der Waals surface area contributed by atoms with Gasteiger partial charge in [-0.1, -0.05) is 36.2 Å². The van der Waals surface area contributed by atoms with Gasteiger partial charge in [-0.15, -0.1) is 0 Å². The number of hydrogen-bond donors (Lipinski definition) is 0. The summed E-state index contributed by atoms with van der Waals surface area (Å²) in [6.07, 6.45) is 4.11. The van der Waals surface area contributed by atoms with Crippen molar-refractivity contribution in [3.63, 3.8) is 0 Å². The summed E-state index contributed by atoms with van der Waals surface area (Å²) in [7, 11) is -3.04. The highest BCUT2D eigenvalue weighted by molar-refractivity contribution is 9.09. The summed E-state index contributed by atoms with van der Waals surface area (Å²) in [5, 5.41) is 0.880. The lowest BCUT2D eigenvalue weighted by atomic mass is 10.0. The van der Waals surface area contributed by atoms with Gasteiger partial charge in [0, 0.05) is 17.9 Å². The van der Waals surface area contributed by atoms with E-state index in [0.717, 1.165) is 31.0 Å². The summed E-state index contributed by atoms with van der Waals surface area (Å²) in [5.74, 6) is 0.489. The van der Waals surface area contributed by atoms with Crippen LogP contribution in [0.25, 0.3) is 0 Å². The molecule has 1 unspecified atom stereocenters. The van der Waals surface area contributed by atoms with E-state index in [2.05, 4.69) is 15.9 Å². The molecule has 1 saturated heterocycles. The number of alkyl halides is 1. The van der Waals surface area contributed by atoms with Gasteiger partial charge in [0.2, 0.25) is 10.0 Å². The van der Waals surface area contributed by atoms with Gasteiger partial charge in [0.25, 0.3) is 0 Å². The number of sulfonamides is 1. The van der Waals surface area contributed by atoms with Crippen LogP contribution in [-0.4, -0.2) is 36.4 Å². The van der Waals surface area contributed by atoms with Crippen molar-refractivity contribution < 1.29 is 8.42 Å². The van der Waals surface area contributed by atoms with Gasteiger partial charge in [-0.3, -0.25) is 0 Å². The molecule has 16 heavy (non-hydrogen) atoms. The third-order valence-corrected chi connectivity index (χ3v) is 5.66. The van der Waals surface area contributed by atoms with E-state index in [1.165, 1.54) is 0 Å². The zero-order valence-corrected chi connectivity index (χ0v) is 12.6. The molecular formula is C11H22BrNO2S. The van der Waals surface area contributed by atoms with E-state index in [1.807, 2.05) is 13.8 Å². The van der Waals surface area contributed by atoms with Gasteiger partial charge < -0.3 is 0 Å². The maximum absolute atomic E-state index is 12.2. The van der Waals surface area contributed by atoms with Crippen LogP contribution in [-0.2, 0) is 10.0 Å². The summed E-state index contributed by atoms with van der Waals surface area (Å²) in [4.78, 5) is 0. The van der Waals surface area contributed by atoms with Crippen molar-refractivity contribution in [1.82, 2.24) is 4.31 Å². The van der Waals surface area contributed by atoms with Crippen molar-refractivity contribution in [1.29, 1.82) is 0 Å². The minimum atomic E-state index is -3.04. The number of hydrogen-bond acceptors (Lipinski definition) is 2. The Morgan fingerprint density at radius 3 is 2.62 bits per heavy atom. The van der Waals surface area contributed by atoms with Crippen LogP contribution in [0.5, 0.6) is 0 Å². The molecule has 0 amide bonds. The van der Waals surface area contributed by atoms with Crippen LogP contribution in [0.2, 0.25) is 0 Å². The molecule has 5 heteroatoms. The fourth-order valence-electron chi connectivity index (χ4n) is 2.27. The van der Waals surface area contributed by atoms with E-state index in [0.29, 0.717) is 6.54 Å². The fraction of sp³-hybridized carbons (Fsp3) is 1.00.